The number of amides is 1. The lowest BCUT2D eigenvalue weighted by molar-refractivity contribution is 0.0718. The molecule has 1 heterocycles. The molecule has 21 heavy (non-hydrogen) atoms. The van der Waals surface area contributed by atoms with Gasteiger partial charge in [-0.1, -0.05) is 18.0 Å². The summed E-state index contributed by atoms with van der Waals surface area (Å²) in [7, 11) is 0. The molecule has 1 aliphatic carbocycles. The van der Waals surface area contributed by atoms with Crippen molar-refractivity contribution < 1.29 is 4.79 Å². The fourth-order valence-electron chi connectivity index (χ4n) is 3.13. The van der Waals surface area contributed by atoms with Gasteiger partial charge in [0.05, 0.1) is 0 Å². The van der Waals surface area contributed by atoms with Crippen LogP contribution >= 0.6 is 11.6 Å². The van der Waals surface area contributed by atoms with E-state index in [0.29, 0.717) is 17.1 Å². The average Bonchev–Trinajstić information content (AvgIpc) is 3.29. The lowest BCUT2D eigenvalue weighted by atomic mass is 10.0. The maximum Gasteiger partial charge on any atom is 0.254 e. The molecule has 3 rings (SSSR count). The second-order valence-electron chi connectivity index (χ2n) is 6.35. The van der Waals surface area contributed by atoms with E-state index in [1.165, 1.54) is 19.3 Å². The van der Waals surface area contributed by atoms with Gasteiger partial charge in [-0.05, 0) is 62.9 Å². The first-order valence-electron chi connectivity index (χ1n) is 7.95. The van der Waals surface area contributed by atoms with Gasteiger partial charge in [-0.15, -0.1) is 0 Å². The Bertz CT molecular complexity index is 501. The van der Waals surface area contributed by atoms with Crippen LogP contribution in [-0.2, 0) is 0 Å². The van der Waals surface area contributed by atoms with Crippen LogP contribution in [0.2, 0.25) is 5.02 Å². The zero-order valence-electron chi connectivity index (χ0n) is 12.6. The van der Waals surface area contributed by atoms with Gasteiger partial charge in [0.2, 0.25) is 0 Å². The summed E-state index contributed by atoms with van der Waals surface area (Å²) in [6.45, 7) is 3.88. The van der Waals surface area contributed by atoms with Crippen molar-refractivity contribution in [3.8, 4) is 0 Å². The maximum atomic E-state index is 12.8. The Balaban J connectivity index is 1.74. The monoisotopic (exact) mass is 306 g/mol. The molecule has 2 aliphatic rings. The van der Waals surface area contributed by atoms with Crippen LogP contribution in [-0.4, -0.2) is 36.0 Å². The predicted octanol–water partition coefficient (Wildman–Crippen LogP) is 3.40. The normalized spacial score (nSPS) is 22.1. The largest absolute Gasteiger partial charge is 0.334 e. The zero-order chi connectivity index (χ0) is 14.8. The summed E-state index contributed by atoms with van der Waals surface area (Å²) in [4.78, 5) is 14.9. The predicted molar refractivity (Wildman–Crippen MR) is 85.9 cm³/mol. The Labute approximate surface area is 131 Å². The van der Waals surface area contributed by atoms with Crippen LogP contribution in [0.5, 0.6) is 0 Å². The summed E-state index contributed by atoms with van der Waals surface area (Å²) in [5.74, 6) is 0.135. The molecule has 0 radical (unpaired) electrons. The van der Waals surface area contributed by atoms with Gasteiger partial charge in [0.25, 0.3) is 5.91 Å². The molecule has 114 valence electrons. The van der Waals surface area contributed by atoms with E-state index in [1.54, 1.807) is 6.07 Å². The van der Waals surface area contributed by atoms with Crippen molar-refractivity contribution in [2.24, 2.45) is 0 Å². The number of benzene rings is 1. The van der Waals surface area contributed by atoms with Crippen LogP contribution in [0.25, 0.3) is 0 Å². The molecule has 4 heteroatoms. The van der Waals surface area contributed by atoms with E-state index < -0.39 is 0 Å². The minimum atomic E-state index is 0.135. The van der Waals surface area contributed by atoms with Gasteiger partial charge in [0, 0.05) is 29.2 Å². The molecule has 1 saturated heterocycles. The summed E-state index contributed by atoms with van der Waals surface area (Å²) >= 11 is 6.10. The van der Waals surface area contributed by atoms with Crippen molar-refractivity contribution in [3.63, 3.8) is 0 Å². The molecule has 1 aromatic rings. The number of hydrogen-bond acceptors (Lipinski definition) is 2. The highest BCUT2D eigenvalue weighted by Crippen LogP contribution is 2.29. The van der Waals surface area contributed by atoms with E-state index in [-0.39, 0.29) is 5.91 Å². The standard InChI is InChI=1S/C17H23ClN2O/c1-12-8-13(10-14(18)9-12)17(21)20(16-5-6-16)11-15-4-2-3-7-19-15/h8-10,15-16,19H,2-7,11H2,1H3. The average molecular weight is 307 g/mol. The molecule has 1 atom stereocenters. The highest BCUT2D eigenvalue weighted by atomic mass is 35.5. The molecule has 0 aromatic heterocycles. The van der Waals surface area contributed by atoms with Crippen LogP contribution < -0.4 is 5.32 Å². The van der Waals surface area contributed by atoms with E-state index in [1.807, 2.05) is 19.1 Å². The molecule has 1 unspecified atom stereocenters. The summed E-state index contributed by atoms with van der Waals surface area (Å²) in [5.41, 5.74) is 1.76. The van der Waals surface area contributed by atoms with Gasteiger partial charge in [0.1, 0.15) is 0 Å². The Hall–Kier alpha value is -1.06. The quantitative estimate of drug-likeness (QED) is 0.924. The highest BCUT2D eigenvalue weighted by Gasteiger charge is 2.34. The van der Waals surface area contributed by atoms with Crippen molar-refractivity contribution in [1.29, 1.82) is 0 Å². The number of piperidine rings is 1. The molecule has 1 aliphatic heterocycles. The number of carbonyl (C=O) groups excluding carboxylic acids is 1. The van der Waals surface area contributed by atoms with Gasteiger partial charge in [-0.25, -0.2) is 0 Å². The first-order valence-corrected chi connectivity index (χ1v) is 8.33. The lowest BCUT2D eigenvalue weighted by Gasteiger charge is -2.31. The van der Waals surface area contributed by atoms with Crippen molar-refractivity contribution >= 4 is 17.5 Å². The van der Waals surface area contributed by atoms with E-state index >= 15 is 0 Å². The molecular formula is C17H23ClN2O. The topological polar surface area (TPSA) is 32.3 Å². The van der Waals surface area contributed by atoms with Crippen molar-refractivity contribution in [2.75, 3.05) is 13.1 Å². The smallest absolute Gasteiger partial charge is 0.254 e. The van der Waals surface area contributed by atoms with E-state index in [2.05, 4.69) is 10.2 Å². The van der Waals surface area contributed by atoms with Gasteiger partial charge >= 0.3 is 0 Å². The van der Waals surface area contributed by atoms with Crippen LogP contribution in [0.4, 0.5) is 0 Å². The third-order valence-corrected chi connectivity index (χ3v) is 4.59. The first kappa shape index (κ1) is 14.9. The molecule has 3 nitrogen and oxygen atoms in total. The second kappa shape index (κ2) is 6.37. The number of halogens is 1. The SMILES string of the molecule is Cc1cc(Cl)cc(C(=O)N(CC2CCCCN2)C2CC2)c1. The maximum absolute atomic E-state index is 12.8. The fourth-order valence-corrected chi connectivity index (χ4v) is 3.42. The molecule has 2 fully saturated rings. The second-order valence-corrected chi connectivity index (χ2v) is 6.79. The van der Waals surface area contributed by atoms with Gasteiger partial charge < -0.3 is 10.2 Å². The fraction of sp³-hybridized carbons (Fsp3) is 0.588. The van der Waals surface area contributed by atoms with Crippen molar-refractivity contribution in [1.82, 2.24) is 10.2 Å². The van der Waals surface area contributed by atoms with Gasteiger partial charge in [0.15, 0.2) is 0 Å². The number of hydrogen-bond donors (Lipinski definition) is 1. The number of nitrogens with one attached hydrogen (secondary N) is 1. The Morgan fingerprint density at radius 1 is 1.29 bits per heavy atom. The number of carbonyl (C=O) groups is 1. The van der Waals surface area contributed by atoms with Crippen LogP contribution in [0.3, 0.4) is 0 Å². The molecule has 1 N–H and O–H groups in total. The molecular weight excluding hydrogens is 284 g/mol. The summed E-state index contributed by atoms with van der Waals surface area (Å²) < 4.78 is 0. The lowest BCUT2D eigenvalue weighted by Crippen LogP contribution is -2.46. The van der Waals surface area contributed by atoms with E-state index in [9.17, 15) is 4.79 Å². The zero-order valence-corrected chi connectivity index (χ0v) is 13.3. The third-order valence-electron chi connectivity index (χ3n) is 4.37. The Kier molecular flexibility index (Phi) is 4.51. The van der Waals surface area contributed by atoms with Gasteiger partial charge in [-0.3, -0.25) is 4.79 Å². The molecule has 0 spiro atoms. The summed E-state index contributed by atoms with van der Waals surface area (Å²) in [5, 5.41) is 4.18. The Morgan fingerprint density at radius 3 is 2.71 bits per heavy atom. The minimum Gasteiger partial charge on any atom is -0.334 e. The van der Waals surface area contributed by atoms with E-state index in [0.717, 1.165) is 37.1 Å². The molecule has 1 saturated carbocycles. The van der Waals surface area contributed by atoms with E-state index in [4.69, 9.17) is 11.6 Å². The van der Waals surface area contributed by atoms with Crippen LogP contribution in [0, 0.1) is 6.92 Å². The summed E-state index contributed by atoms with van der Waals surface area (Å²) in [6, 6.07) is 6.50. The third kappa shape index (κ3) is 3.78. The van der Waals surface area contributed by atoms with Gasteiger partial charge in [-0.2, -0.15) is 0 Å². The van der Waals surface area contributed by atoms with Crippen molar-refractivity contribution in [2.45, 2.75) is 51.1 Å². The highest BCUT2D eigenvalue weighted by molar-refractivity contribution is 6.31. The number of aryl methyl sites for hydroxylation is 1. The Morgan fingerprint density at radius 2 is 2.10 bits per heavy atom. The van der Waals surface area contributed by atoms with Crippen LogP contribution in [0.1, 0.15) is 48.0 Å². The number of rotatable bonds is 4. The van der Waals surface area contributed by atoms with Crippen LogP contribution in [0.15, 0.2) is 18.2 Å². The minimum absolute atomic E-state index is 0.135. The first-order chi connectivity index (χ1) is 10.1. The molecule has 0 bridgehead atoms. The molecule has 1 aromatic carbocycles. The molecule has 1 amide bonds. The number of nitrogens with zero attached hydrogens (tertiary/aromatic N) is 1. The summed E-state index contributed by atoms with van der Waals surface area (Å²) in [6.07, 6.45) is 5.96. The van der Waals surface area contributed by atoms with Crippen molar-refractivity contribution in [3.05, 3.63) is 34.3 Å².